The van der Waals surface area contributed by atoms with E-state index in [0.717, 1.165) is 64.5 Å². The summed E-state index contributed by atoms with van der Waals surface area (Å²) in [7, 11) is 0. The summed E-state index contributed by atoms with van der Waals surface area (Å²) in [6.07, 6.45) is 56.2. The third kappa shape index (κ3) is 5.89. The summed E-state index contributed by atoms with van der Waals surface area (Å²) in [6.45, 7) is 2.13. The first-order valence-corrected chi connectivity index (χ1v) is 26.4. The second kappa shape index (κ2) is 15.4. The molecule has 0 amide bonds. The SMILES string of the molecule is C1=CCC2C(=C1)N(C1=CCCCN1)C1=C2C=C(C2=CC3C(CC2)C2=CCC(C4=Cc5c6c(n(C7C=CCCN7)c5CC4)CCC=C6)CC2N3c2ccc3c4c(cccc24)C2C=CC=CC32)CC1. The molecule has 336 valence electrons. The number of allylic oxidation sites excluding steroid dienone is 16. The molecule has 0 saturated carbocycles. The summed E-state index contributed by atoms with van der Waals surface area (Å²) in [6, 6.07) is 13.1. The lowest BCUT2D eigenvalue weighted by molar-refractivity contribution is 0.434. The Balaban J connectivity index is 0.824. The summed E-state index contributed by atoms with van der Waals surface area (Å²) < 4.78 is 2.70. The van der Waals surface area contributed by atoms with Crippen LogP contribution in [0.15, 0.2) is 160 Å². The van der Waals surface area contributed by atoms with Crippen LogP contribution >= 0.6 is 0 Å². The monoisotopic (exact) mass is 878 g/mol. The lowest BCUT2D eigenvalue weighted by Crippen LogP contribution is -2.39. The number of hydrogen-bond acceptors (Lipinski definition) is 4. The predicted molar refractivity (Wildman–Crippen MR) is 275 cm³/mol. The molecule has 8 atom stereocenters. The molecule has 0 spiro atoms. The number of nitrogens with one attached hydrogen (secondary N) is 2. The van der Waals surface area contributed by atoms with Crippen LogP contribution < -0.4 is 15.5 Å². The van der Waals surface area contributed by atoms with Crippen LogP contribution in [0.1, 0.15) is 129 Å². The predicted octanol–water partition coefficient (Wildman–Crippen LogP) is 13.2. The van der Waals surface area contributed by atoms with Gasteiger partial charge in [-0.2, -0.15) is 0 Å². The number of nitrogens with zero attached hydrogens (tertiary/aromatic N) is 3. The highest BCUT2D eigenvalue weighted by atomic mass is 15.3. The zero-order valence-corrected chi connectivity index (χ0v) is 38.9. The third-order valence-electron chi connectivity index (χ3n) is 18.4. The quantitative estimate of drug-likeness (QED) is 0.250. The number of benzene rings is 2. The standard InChI is InChI=1S/C62H63N5/c1-2-13-43-42(12-1)48-16-11-17-50-55(31-28-49(43)62(48)50)65-58-36-40(38-24-29-56-51(34-38)44-14-3-5-18-53(44)66(56)60-20-7-9-32-63-60)22-26-46(58)47-27-23-41(37-59(47)65)39-25-30-57-52(35-39)45-15-4-6-19-54(45)67(57)61-21-8-10-33-64-61/h1-5,8,11-13,15-18,20-21,27-28,31,34-36,41-44,46,58-59,61,63-64H,6-7,9-10,14,19,22-26,29-30,32-33,37H2. The largest absolute Gasteiger partial charge is 0.371 e. The molecule has 8 unspecified atom stereocenters. The average Bonchev–Trinajstić information content (AvgIpc) is 4.12. The van der Waals surface area contributed by atoms with Crippen molar-refractivity contribution in [2.75, 3.05) is 18.0 Å². The number of rotatable bonds is 5. The number of hydrogen-bond donors (Lipinski definition) is 2. The van der Waals surface area contributed by atoms with Crippen molar-refractivity contribution in [2.24, 2.45) is 17.8 Å². The van der Waals surface area contributed by atoms with E-state index in [0.29, 0.717) is 41.7 Å². The van der Waals surface area contributed by atoms with Gasteiger partial charge in [-0.25, -0.2) is 0 Å². The van der Waals surface area contributed by atoms with E-state index in [2.05, 4.69) is 153 Å². The number of anilines is 1. The molecule has 0 bridgehead atoms. The summed E-state index contributed by atoms with van der Waals surface area (Å²) in [5.74, 6) is 3.77. The van der Waals surface area contributed by atoms with Crippen LogP contribution in [0.5, 0.6) is 0 Å². The fourth-order valence-electron chi connectivity index (χ4n) is 15.5. The first-order valence-electron chi connectivity index (χ1n) is 26.4. The Morgan fingerprint density at radius 3 is 2.54 bits per heavy atom. The Morgan fingerprint density at radius 2 is 1.64 bits per heavy atom. The van der Waals surface area contributed by atoms with E-state index in [1.807, 2.05) is 0 Å². The van der Waals surface area contributed by atoms with E-state index in [4.69, 9.17) is 0 Å². The minimum absolute atomic E-state index is 0.279. The summed E-state index contributed by atoms with van der Waals surface area (Å²) in [4.78, 5) is 5.62. The highest BCUT2D eigenvalue weighted by Crippen LogP contribution is 2.57. The second-order valence-corrected chi connectivity index (χ2v) is 21.6. The molecule has 8 aliphatic carbocycles. The van der Waals surface area contributed by atoms with Gasteiger partial charge in [-0.3, -0.25) is 5.32 Å². The van der Waals surface area contributed by atoms with Crippen molar-refractivity contribution in [3.05, 3.63) is 194 Å². The lowest BCUT2D eigenvalue weighted by atomic mass is 9.73. The van der Waals surface area contributed by atoms with Crippen LogP contribution in [-0.4, -0.2) is 34.6 Å². The van der Waals surface area contributed by atoms with Crippen molar-refractivity contribution in [3.63, 3.8) is 0 Å². The Bertz CT molecular complexity index is 3030. The third-order valence-corrected chi connectivity index (χ3v) is 18.4. The van der Waals surface area contributed by atoms with Crippen molar-refractivity contribution in [3.8, 4) is 0 Å². The Hall–Kier alpha value is -5.78. The van der Waals surface area contributed by atoms with Gasteiger partial charge in [-0.1, -0.05) is 115 Å². The fraction of sp³-hybridized carbons (Fsp3) is 0.387. The smallest absolute Gasteiger partial charge is 0.106 e. The zero-order chi connectivity index (χ0) is 43.7. The molecule has 5 heterocycles. The van der Waals surface area contributed by atoms with E-state index < -0.39 is 0 Å². The van der Waals surface area contributed by atoms with E-state index in [-0.39, 0.29) is 6.17 Å². The van der Waals surface area contributed by atoms with Gasteiger partial charge in [-0.15, -0.1) is 0 Å². The second-order valence-electron chi connectivity index (χ2n) is 21.6. The normalized spacial score (nSPS) is 31.7. The van der Waals surface area contributed by atoms with E-state index in [1.54, 1.807) is 45.0 Å². The maximum Gasteiger partial charge on any atom is 0.106 e. The van der Waals surface area contributed by atoms with Crippen molar-refractivity contribution in [1.82, 2.24) is 20.1 Å². The Kier molecular flexibility index (Phi) is 9.00. The van der Waals surface area contributed by atoms with Crippen molar-refractivity contribution in [1.29, 1.82) is 0 Å². The van der Waals surface area contributed by atoms with Crippen molar-refractivity contribution >= 4 is 28.6 Å². The molecular formula is C62H63N5. The minimum Gasteiger partial charge on any atom is -0.371 e. The zero-order valence-electron chi connectivity index (χ0n) is 38.9. The summed E-state index contributed by atoms with van der Waals surface area (Å²) in [5, 5.41) is 10.6. The van der Waals surface area contributed by atoms with Gasteiger partial charge in [0.25, 0.3) is 0 Å². The highest BCUT2D eigenvalue weighted by molar-refractivity contribution is 6.02. The van der Waals surface area contributed by atoms with E-state index >= 15 is 0 Å². The van der Waals surface area contributed by atoms with Crippen molar-refractivity contribution in [2.45, 2.75) is 120 Å². The Morgan fingerprint density at radius 1 is 0.716 bits per heavy atom. The van der Waals surface area contributed by atoms with Gasteiger partial charge < -0.3 is 19.7 Å². The summed E-state index contributed by atoms with van der Waals surface area (Å²) in [5.41, 5.74) is 21.9. The van der Waals surface area contributed by atoms with Gasteiger partial charge in [0.1, 0.15) is 12.0 Å². The molecule has 1 saturated heterocycles. The van der Waals surface area contributed by atoms with E-state index in [1.165, 1.54) is 88.8 Å². The van der Waals surface area contributed by atoms with Gasteiger partial charge in [0, 0.05) is 81.7 Å². The molecule has 4 aliphatic heterocycles. The molecule has 2 N–H and O–H groups in total. The summed E-state index contributed by atoms with van der Waals surface area (Å²) >= 11 is 0. The van der Waals surface area contributed by atoms with Crippen LogP contribution in [0.3, 0.4) is 0 Å². The maximum atomic E-state index is 3.85. The molecular weight excluding hydrogens is 815 g/mol. The first-order chi connectivity index (χ1) is 33.2. The average molecular weight is 878 g/mol. The molecule has 1 fully saturated rings. The van der Waals surface area contributed by atoms with Crippen LogP contribution in [0.4, 0.5) is 5.69 Å². The topological polar surface area (TPSA) is 35.5 Å². The van der Waals surface area contributed by atoms with Crippen LogP contribution in [0.25, 0.3) is 22.9 Å². The molecule has 5 heteroatoms. The molecule has 0 radical (unpaired) electrons. The maximum absolute atomic E-state index is 3.85. The Labute approximate surface area is 396 Å². The van der Waals surface area contributed by atoms with Gasteiger partial charge in [-0.05, 0) is 153 Å². The van der Waals surface area contributed by atoms with Gasteiger partial charge in [0.05, 0.1) is 12.1 Å². The first kappa shape index (κ1) is 39.2. The van der Waals surface area contributed by atoms with Gasteiger partial charge in [0.2, 0.25) is 0 Å². The highest BCUT2D eigenvalue weighted by Gasteiger charge is 2.49. The minimum atomic E-state index is 0.279. The van der Waals surface area contributed by atoms with Crippen LogP contribution in [-0.2, 0) is 12.8 Å². The molecule has 12 aliphatic rings. The lowest BCUT2D eigenvalue weighted by Gasteiger charge is -2.38. The van der Waals surface area contributed by atoms with E-state index in [9.17, 15) is 0 Å². The van der Waals surface area contributed by atoms with Crippen LogP contribution in [0, 0.1) is 17.8 Å². The molecule has 15 rings (SSSR count). The molecule has 2 aromatic carbocycles. The van der Waals surface area contributed by atoms with Gasteiger partial charge >= 0.3 is 0 Å². The fourth-order valence-corrected chi connectivity index (χ4v) is 15.5. The molecule has 67 heavy (non-hydrogen) atoms. The number of aromatic nitrogens is 1. The molecule has 5 nitrogen and oxygen atoms in total. The molecule has 3 aromatic rings. The van der Waals surface area contributed by atoms with Gasteiger partial charge in [0.15, 0.2) is 0 Å². The molecule has 1 aromatic heterocycles. The number of fused-ring (bicyclic) bond motifs is 11. The van der Waals surface area contributed by atoms with Crippen molar-refractivity contribution < 1.29 is 0 Å². The van der Waals surface area contributed by atoms with Crippen LogP contribution in [0.2, 0.25) is 0 Å².